The minimum Gasteiger partial charge on any atom is -0.356 e. The van der Waals surface area contributed by atoms with Crippen LogP contribution in [-0.2, 0) is 47.8 Å². The number of halogens is 5. The monoisotopic (exact) mass is 914 g/mol. The van der Waals surface area contributed by atoms with Crippen molar-refractivity contribution in [2.45, 2.75) is 152 Å². The first-order chi connectivity index (χ1) is 28.2. The highest BCUT2D eigenvalue weighted by Crippen LogP contribution is 2.40. The van der Waals surface area contributed by atoms with E-state index in [0.29, 0.717) is 75.9 Å². The average Bonchev–Trinajstić information content (AvgIpc) is 3.70. The van der Waals surface area contributed by atoms with Crippen molar-refractivity contribution in [2.75, 3.05) is 19.6 Å². The summed E-state index contributed by atoms with van der Waals surface area (Å²) in [5.74, 6) is -3.11. The number of hydrogen-bond donors (Lipinski definition) is 1. The SMILES string of the molecule is CC(C)(C)c1nc2cc(S(=O)(=O)Cl)ccc2n1CC1CCC(F)(F)CC1.CCC(=O)NCC1CN(S(=O)(=O)c2ccc3c(c2)nc(C(C)(C)C)n3CC2CCC(F)(F)CC2)C1. The number of nitrogens with one attached hydrogen (secondary N) is 1. The molecule has 2 saturated carbocycles. The predicted molar refractivity (Wildman–Crippen MR) is 229 cm³/mol. The second kappa shape index (κ2) is 17.4. The number of imidazole rings is 2. The van der Waals surface area contributed by atoms with Gasteiger partial charge in [-0.25, -0.2) is 44.4 Å². The second-order valence-corrected chi connectivity index (χ2v) is 23.8. The van der Waals surface area contributed by atoms with Gasteiger partial charge in [-0.3, -0.25) is 4.79 Å². The molecule has 1 N–H and O–H groups in total. The van der Waals surface area contributed by atoms with Crippen LogP contribution < -0.4 is 5.32 Å². The van der Waals surface area contributed by atoms with Gasteiger partial charge >= 0.3 is 0 Å². The molecule has 2 aromatic heterocycles. The molecule has 61 heavy (non-hydrogen) atoms. The normalized spacial score (nSPS) is 19.7. The molecule has 2 aromatic carbocycles. The molecule has 0 radical (unpaired) electrons. The van der Waals surface area contributed by atoms with E-state index in [1.54, 1.807) is 31.2 Å². The second-order valence-electron chi connectivity index (χ2n) is 19.3. The lowest BCUT2D eigenvalue weighted by molar-refractivity contribution is -0.121. The van der Waals surface area contributed by atoms with Crippen LogP contribution in [0.1, 0.15) is 118 Å². The third kappa shape index (κ3) is 11.1. The number of alkyl halides is 4. The number of nitrogens with zero attached hydrogens (tertiary/aromatic N) is 5. The summed E-state index contributed by atoms with van der Waals surface area (Å²) < 4.78 is 109. The first-order valence-corrected chi connectivity index (χ1v) is 24.9. The van der Waals surface area contributed by atoms with Gasteiger partial charge in [0.15, 0.2) is 0 Å². The highest BCUT2D eigenvalue weighted by molar-refractivity contribution is 8.13. The molecule has 3 aliphatic rings. The van der Waals surface area contributed by atoms with Crippen LogP contribution in [0.2, 0.25) is 0 Å². The molecular weight excluding hydrogens is 856 g/mol. The van der Waals surface area contributed by atoms with Crippen molar-refractivity contribution >= 4 is 57.7 Å². The summed E-state index contributed by atoms with van der Waals surface area (Å²) in [4.78, 5) is 21.1. The van der Waals surface area contributed by atoms with E-state index in [9.17, 15) is 39.2 Å². The number of hydrogen-bond acceptors (Lipinski definition) is 7. The summed E-state index contributed by atoms with van der Waals surface area (Å²) >= 11 is 0. The van der Waals surface area contributed by atoms with Gasteiger partial charge in [0.25, 0.3) is 9.05 Å². The maximum Gasteiger partial charge on any atom is 0.261 e. The fourth-order valence-electron chi connectivity index (χ4n) is 8.51. The summed E-state index contributed by atoms with van der Waals surface area (Å²) in [5, 5.41) is 2.82. The van der Waals surface area contributed by atoms with Crippen molar-refractivity contribution in [3.05, 3.63) is 48.0 Å². The lowest BCUT2D eigenvalue weighted by atomic mass is 9.86. The predicted octanol–water partition coefficient (Wildman–Crippen LogP) is 9.39. The summed E-state index contributed by atoms with van der Waals surface area (Å²) in [7, 11) is -2.05. The van der Waals surface area contributed by atoms with Gasteiger partial charge in [0.2, 0.25) is 27.8 Å². The van der Waals surface area contributed by atoms with E-state index < -0.39 is 30.9 Å². The Morgan fingerprint density at radius 2 is 1.13 bits per heavy atom. The minimum atomic E-state index is -3.83. The van der Waals surface area contributed by atoms with Crippen LogP contribution in [-0.4, -0.2) is 77.6 Å². The van der Waals surface area contributed by atoms with Crippen LogP contribution in [0.3, 0.4) is 0 Å². The summed E-state index contributed by atoms with van der Waals surface area (Å²) in [5.41, 5.74) is 2.23. The summed E-state index contributed by atoms with van der Waals surface area (Å²) in [6.45, 7) is 16.4. The molecule has 0 spiro atoms. The van der Waals surface area contributed by atoms with Crippen LogP contribution in [0.25, 0.3) is 22.1 Å². The topological polar surface area (TPSA) is 136 Å². The van der Waals surface area contributed by atoms with Crippen LogP contribution in [0.4, 0.5) is 17.6 Å². The Morgan fingerprint density at radius 1 is 0.721 bits per heavy atom. The summed E-state index contributed by atoms with van der Waals surface area (Å²) in [6.07, 6.45) is 1.97. The van der Waals surface area contributed by atoms with Crippen molar-refractivity contribution in [3.63, 3.8) is 0 Å². The van der Waals surface area contributed by atoms with Crippen molar-refractivity contribution in [3.8, 4) is 0 Å². The van der Waals surface area contributed by atoms with Crippen LogP contribution in [0.15, 0.2) is 46.2 Å². The average molecular weight is 916 g/mol. The number of rotatable bonds is 10. The number of aromatic nitrogens is 4. The molecule has 1 aliphatic heterocycles. The van der Waals surface area contributed by atoms with Gasteiger partial charge in [-0.15, -0.1) is 0 Å². The van der Waals surface area contributed by atoms with Gasteiger partial charge < -0.3 is 14.5 Å². The van der Waals surface area contributed by atoms with E-state index >= 15 is 0 Å². The Bertz CT molecular complexity index is 2450. The van der Waals surface area contributed by atoms with Gasteiger partial charge in [0.1, 0.15) is 11.6 Å². The van der Waals surface area contributed by atoms with Gasteiger partial charge in [-0.2, -0.15) is 4.31 Å². The van der Waals surface area contributed by atoms with Crippen molar-refractivity contribution < 1.29 is 39.2 Å². The Balaban J connectivity index is 0.000000213. The van der Waals surface area contributed by atoms with Gasteiger partial charge in [-0.1, -0.05) is 48.5 Å². The molecule has 2 aliphatic carbocycles. The first kappa shape index (κ1) is 47.2. The van der Waals surface area contributed by atoms with Crippen molar-refractivity contribution in [2.24, 2.45) is 17.8 Å². The van der Waals surface area contributed by atoms with E-state index in [1.165, 1.54) is 16.4 Å². The molecule has 338 valence electrons. The van der Waals surface area contributed by atoms with E-state index in [4.69, 9.17) is 15.7 Å². The standard InChI is InChI=1S/C25H36F2N4O3S.C18H23ClF2N2O2S/c1-5-22(32)28-13-18-14-30(15-18)35(33,34)19-6-7-21-20(12-19)29-23(24(2,3)4)31(21)16-17-8-10-25(26,27)11-9-17;1-17(2,3)16-22-14-10-13(26(19,24)25)4-5-15(14)23(16)11-12-6-8-18(20,21)9-7-12/h6-7,12,17-18H,5,8-11,13-16H2,1-4H3,(H,28,32);4-5,10,12H,6-9,11H2,1-3H3. The van der Waals surface area contributed by atoms with E-state index in [2.05, 4.69) is 35.6 Å². The molecule has 1 saturated heterocycles. The van der Waals surface area contributed by atoms with Crippen LogP contribution >= 0.6 is 10.7 Å². The number of amides is 1. The summed E-state index contributed by atoms with van der Waals surface area (Å²) in [6, 6.07) is 9.66. The molecule has 3 fully saturated rings. The molecule has 3 heterocycles. The molecule has 0 atom stereocenters. The highest BCUT2D eigenvalue weighted by Gasteiger charge is 2.39. The zero-order valence-electron chi connectivity index (χ0n) is 36.1. The number of carbonyl (C=O) groups excluding carboxylic acids is 1. The Morgan fingerprint density at radius 3 is 1.52 bits per heavy atom. The quantitative estimate of drug-likeness (QED) is 0.124. The molecule has 1 amide bonds. The van der Waals surface area contributed by atoms with Gasteiger partial charge in [0, 0.05) is 92.3 Å². The fourth-order valence-corrected chi connectivity index (χ4v) is 10.9. The van der Waals surface area contributed by atoms with Gasteiger partial charge in [0.05, 0.1) is 31.9 Å². The maximum atomic E-state index is 13.7. The zero-order valence-corrected chi connectivity index (χ0v) is 38.5. The number of carbonyl (C=O) groups is 1. The Kier molecular flexibility index (Phi) is 13.4. The molecule has 4 aromatic rings. The Hall–Kier alpha value is -3.28. The minimum absolute atomic E-state index is 0.00841. The molecule has 0 unspecified atom stereocenters. The Labute approximate surface area is 361 Å². The lowest BCUT2D eigenvalue weighted by Gasteiger charge is -2.38. The maximum absolute atomic E-state index is 13.7. The van der Waals surface area contributed by atoms with Crippen LogP contribution in [0.5, 0.6) is 0 Å². The zero-order chi connectivity index (χ0) is 44.9. The first-order valence-electron chi connectivity index (χ1n) is 21.2. The van der Waals surface area contributed by atoms with E-state index in [-0.39, 0.29) is 70.0 Å². The van der Waals surface area contributed by atoms with Crippen LogP contribution in [0, 0.1) is 17.8 Å². The molecule has 11 nitrogen and oxygen atoms in total. The van der Waals surface area contributed by atoms with Crippen molar-refractivity contribution in [1.82, 2.24) is 28.7 Å². The largest absolute Gasteiger partial charge is 0.356 e. The number of fused-ring (bicyclic) bond motifs is 2. The lowest BCUT2D eigenvalue weighted by Crippen LogP contribution is -2.53. The molecule has 18 heteroatoms. The third-order valence-corrected chi connectivity index (χ3v) is 15.3. The van der Waals surface area contributed by atoms with E-state index in [0.717, 1.165) is 22.7 Å². The highest BCUT2D eigenvalue weighted by atomic mass is 35.7. The molecule has 0 bridgehead atoms. The fraction of sp³-hybridized carbons (Fsp3) is 0.651. The smallest absolute Gasteiger partial charge is 0.261 e. The van der Waals surface area contributed by atoms with E-state index in [1.807, 2.05) is 25.3 Å². The number of sulfonamides is 1. The number of benzene rings is 2. The molecular formula is C43H59ClF4N6O5S2. The van der Waals surface area contributed by atoms with Gasteiger partial charge in [-0.05, 0) is 73.9 Å². The van der Waals surface area contributed by atoms with Crippen molar-refractivity contribution in [1.29, 1.82) is 0 Å². The molecule has 7 rings (SSSR count). The third-order valence-electron chi connectivity index (χ3n) is 12.1.